The Labute approximate surface area is 111 Å². The van der Waals surface area contributed by atoms with Gasteiger partial charge in [-0.2, -0.15) is 13.2 Å². The van der Waals surface area contributed by atoms with Gasteiger partial charge in [0.2, 0.25) is 0 Å². The van der Waals surface area contributed by atoms with Crippen LogP contribution in [0.1, 0.15) is 18.9 Å². The lowest BCUT2D eigenvalue weighted by Crippen LogP contribution is -2.34. The first-order chi connectivity index (χ1) is 8.96. The van der Waals surface area contributed by atoms with Crippen molar-refractivity contribution in [3.63, 3.8) is 0 Å². The molecule has 1 heterocycles. The zero-order chi connectivity index (χ0) is 13.9. The molecule has 1 unspecified atom stereocenters. The summed E-state index contributed by atoms with van der Waals surface area (Å²) in [6.45, 7) is 2.24. The van der Waals surface area contributed by atoms with Crippen LogP contribution in [0.3, 0.4) is 0 Å². The number of nitrogens with zero attached hydrogens (tertiary/aromatic N) is 1. The molecule has 1 N–H and O–H groups in total. The zero-order valence-corrected chi connectivity index (χ0v) is 11.0. The van der Waals surface area contributed by atoms with Crippen molar-refractivity contribution >= 4 is 5.69 Å². The van der Waals surface area contributed by atoms with Gasteiger partial charge in [-0.3, -0.25) is 4.90 Å². The highest BCUT2D eigenvalue weighted by molar-refractivity contribution is 5.46. The Balaban J connectivity index is 1.87. The fraction of sp³-hybridized carbons (Fsp3) is 0.571. The number of hydrogen-bond donors (Lipinski definition) is 1. The number of rotatable bonds is 4. The van der Waals surface area contributed by atoms with E-state index in [-0.39, 0.29) is 6.04 Å². The predicted octanol–water partition coefficient (Wildman–Crippen LogP) is 3.30. The summed E-state index contributed by atoms with van der Waals surface area (Å²) in [5, 5.41) is 3.32. The maximum atomic E-state index is 12.3. The average molecular weight is 272 g/mol. The molecule has 1 aliphatic rings. The van der Waals surface area contributed by atoms with E-state index in [4.69, 9.17) is 0 Å². The van der Waals surface area contributed by atoms with Crippen molar-refractivity contribution in [3.05, 3.63) is 29.8 Å². The summed E-state index contributed by atoms with van der Waals surface area (Å²) in [5.41, 5.74) is 2.23. The smallest absolute Gasteiger partial charge is 0.381 e. The van der Waals surface area contributed by atoms with E-state index in [1.807, 2.05) is 12.1 Å². The second-order valence-corrected chi connectivity index (χ2v) is 5.03. The van der Waals surface area contributed by atoms with Gasteiger partial charge >= 0.3 is 6.18 Å². The van der Waals surface area contributed by atoms with E-state index in [0.717, 1.165) is 18.5 Å². The third kappa shape index (κ3) is 4.42. The van der Waals surface area contributed by atoms with Gasteiger partial charge < -0.3 is 5.32 Å². The molecule has 0 spiro atoms. The largest absolute Gasteiger partial charge is 0.401 e. The topological polar surface area (TPSA) is 15.3 Å². The molecule has 1 atom stereocenters. The summed E-state index contributed by atoms with van der Waals surface area (Å²) in [5.74, 6) is 0. The minimum absolute atomic E-state index is 0.106. The lowest BCUT2D eigenvalue weighted by molar-refractivity contribution is -0.143. The van der Waals surface area contributed by atoms with E-state index in [1.54, 1.807) is 0 Å². The van der Waals surface area contributed by atoms with Gasteiger partial charge in [0, 0.05) is 24.8 Å². The number of hydrogen-bond acceptors (Lipinski definition) is 2. The van der Waals surface area contributed by atoms with Crippen LogP contribution in [0.15, 0.2) is 24.3 Å². The summed E-state index contributed by atoms with van der Waals surface area (Å²) in [6, 6.07) is 8.16. The van der Waals surface area contributed by atoms with Crippen LogP contribution < -0.4 is 5.32 Å². The molecule has 0 bridgehead atoms. The number of nitrogens with one attached hydrogen (secondary N) is 1. The lowest BCUT2D eigenvalue weighted by atomic mass is 10.1. The number of aryl methyl sites for hydroxylation is 1. The van der Waals surface area contributed by atoms with Crippen molar-refractivity contribution in [3.8, 4) is 0 Å². The van der Waals surface area contributed by atoms with Gasteiger partial charge in [0.05, 0.1) is 6.54 Å². The summed E-state index contributed by atoms with van der Waals surface area (Å²) in [4.78, 5) is 1.46. The third-order valence-electron chi connectivity index (χ3n) is 3.38. The standard InChI is InChI=1S/C14H19F3N2/c1-2-11-4-3-5-12(8-11)18-13-6-7-19(9-13)10-14(15,16)17/h3-5,8,13,18H,2,6-7,9-10H2,1H3. The van der Waals surface area contributed by atoms with E-state index in [1.165, 1.54) is 10.5 Å². The van der Waals surface area contributed by atoms with Gasteiger partial charge in [-0.15, -0.1) is 0 Å². The van der Waals surface area contributed by atoms with E-state index < -0.39 is 12.7 Å². The molecule has 0 saturated carbocycles. The van der Waals surface area contributed by atoms with Crippen LogP contribution in [0.25, 0.3) is 0 Å². The average Bonchev–Trinajstić information content (AvgIpc) is 2.74. The molecule has 2 nitrogen and oxygen atoms in total. The SMILES string of the molecule is CCc1cccc(NC2CCN(CC(F)(F)F)C2)c1. The van der Waals surface area contributed by atoms with Crippen LogP contribution >= 0.6 is 0 Å². The quantitative estimate of drug-likeness (QED) is 0.904. The molecule has 106 valence electrons. The minimum Gasteiger partial charge on any atom is -0.381 e. The van der Waals surface area contributed by atoms with Crippen LogP contribution in [0.4, 0.5) is 18.9 Å². The van der Waals surface area contributed by atoms with Gasteiger partial charge in [0.25, 0.3) is 0 Å². The molecule has 0 radical (unpaired) electrons. The summed E-state index contributed by atoms with van der Waals surface area (Å²) >= 11 is 0. The van der Waals surface area contributed by atoms with Crippen LogP contribution in [-0.2, 0) is 6.42 Å². The normalized spacial score (nSPS) is 20.7. The van der Waals surface area contributed by atoms with Crippen LogP contribution in [0.2, 0.25) is 0 Å². The Bertz CT molecular complexity index is 417. The van der Waals surface area contributed by atoms with Crippen LogP contribution in [-0.4, -0.2) is 36.8 Å². The van der Waals surface area contributed by atoms with Gasteiger partial charge in [0.1, 0.15) is 0 Å². The van der Waals surface area contributed by atoms with E-state index in [0.29, 0.717) is 13.1 Å². The van der Waals surface area contributed by atoms with Gasteiger partial charge in [-0.05, 0) is 30.5 Å². The molecule has 1 aliphatic heterocycles. The lowest BCUT2D eigenvalue weighted by Gasteiger charge is -2.19. The maximum Gasteiger partial charge on any atom is 0.401 e. The Morgan fingerprint density at radius 3 is 2.84 bits per heavy atom. The Kier molecular flexibility index (Phi) is 4.34. The predicted molar refractivity (Wildman–Crippen MR) is 70.3 cm³/mol. The van der Waals surface area contributed by atoms with Crippen molar-refractivity contribution in [2.24, 2.45) is 0 Å². The number of halogens is 3. The molecular formula is C14H19F3N2. The minimum atomic E-state index is -4.10. The van der Waals surface area contributed by atoms with E-state index in [9.17, 15) is 13.2 Å². The molecule has 1 fully saturated rings. The van der Waals surface area contributed by atoms with Crippen LogP contribution in [0, 0.1) is 0 Å². The molecule has 1 aromatic rings. The Morgan fingerprint density at radius 1 is 1.37 bits per heavy atom. The molecule has 5 heteroatoms. The first kappa shape index (κ1) is 14.2. The first-order valence-corrected chi connectivity index (χ1v) is 6.61. The fourth-order valence-corrected chi connectivity index (χ4v) is 2.46. The molecule has 1 saturated heterocycles. The zero-order valence-electron chi connectivity index (χ0n) is 11.0. The summed E-state index contributed by atoms with van der Waals surface area (Å²) in [6.07, 6.45) is -2.39. The van der Waals surface area contributed by atoms with Crippen molar-refractivity contribution in [2.75, 3.05) is 25.0 Å². The summed E-state index contributed by atoms with van der Waals surface area (Å²) < 4.78 is 36.9. The highest BCUT2D eigenvalue weighted by Crippen LogP contribution is 2.22. The second-order valence-electron chi connectivity index (χ2n) is 5.03. The monoisotopic (exact) mass is 272 g/mol. The van der Waals surface area contributed by atoms with Gasteiger partial charge in [-0.1, -0.05) is 19.1 Å². The molecule has 19 heavy (non-hydrogen) atoms. The highest BCUT2D eigenvalue weighted by Gasteiger charge is 2.34. The number of likely N-dealkylation sites (tertiary alicyclic amines) is 1. The molecule has 0 amide bonds. The van der Waals surface area contributed by atoms with Crippen molar-refractivity contribution in [2.45, 2.75) is 32.0 Å². The maximum absolute atomic E-state index is 12.3. The third-order valence-corrected chi connectivity index (χ3v) is 3.38. The first-order valence-electron chi connectivity index (χ1n) is 6.61. The second kappa shape index (κ2) is 5.82. The molecule has 0 aliphatic carbocycles. The highest BCUT2D eigenvalue weighted by atomic mass is 19.4. The fourth-order valence-electron chi connectivity index (χ4n) is 2.46. The van der Waals surface area contributed by atoms with Crippen molar-refractivity contribution in [1.29, 1.82) is 0 Å². The number of anilines is 1. The van der Waals surface area contributed by atoms with E-state index >= 15 is 0 Å². The molecule has 2 rings (SSSR count). The van der Waals surface area contributed by atoms with E-state index in [2.05, 4.69) is 24.4 Å². The van der Waals surface area contributed by atoms with Gasteiger partial charge in [0.15, 0.2) is 0 Å². The molecule has 1 aromatic carbocycles. The van der Waals surface area contributed by atoms with Crippen molar-refractivity contribution < 1.29 is 13.2 Å². The Morgan fingerprint density at radius 2 is 2.16 bits per heavy atom. The molecular weight excluding hydrogens is 253 g/mol. The number of alkyl halides is 3. The molecule has 0 aromatic heterocycles. The van der Waals surface area contributed by atoms with Crippen molar-refractivity contribution in [1.82, 2.24) is 4.90 Å². The van der Waals surface area contributed by atoms with Gasteiger partial charge in [-0.25, -0.2) is 0 Å². The number of benzene rings is 1. The van der Waals surface area contributed by atoms with Crippen LogP contribution in [0.5, 0.6) is 0 Å². The Hall–Kier alpha value is -1.23. The summed E-state index contributed by atoms with van der Waals surface area (Å²) in [7, 11) is 0.